The molecule has 100 valence electrons. The molecule has 1 saturated carbocycles. The summed E-state index contributed by atoms with van der Waals surface area (Å²) in [5, 5.41) is 9.29. The quantitative estimate of drug-likeness (QED) is 0.856. The van der Waals surface area contributed by atoms with Crippen LogP contribution in [-0.4, -0.2) is 18.3 Å². The molecule has 0 unspecified atom stereocenters. The van der Waals surface area contributed by atoms with E-state index in [0.717, 1.165) is 12.1 Å². The highest BCUT2D eigenvalue weighted by atomic mass is 19.4. The molecule has 0 aliphatic heterocycles. The van der Waals surface area contributed by atoms with Gasteiger partial charge in [-0.1, -0.05) is 0 Å². The average molecular weight is 261 g/mol. The fourth-order valence-electron chi connectivity index (χ4n) is 2.27. The lowest BCUT2D eigenvalue weighted by Crippen LogP contribution is -2.51. The highest BCUT2D eigenvalue weighted by molar-refractivity contribution is 5.44. The topological polar surface area (TPSA) is 55.5 Å². The molecule has 3 nitrogen and oxygen atoms in total. The van der Waals surface area contributed by atoms with Crippen molar-refractivity contribution in [3.8, 4) is 5.75 Å². The molecule has 0 spiro atoms. The number of hydrogen-bond donors (Lipinski definition) is 2. The zero-order chi connectivity index (χ0) is 13.6. The summed E-state index contributed by atoms with van der Waals surface area (Å²) in [6, 6.07) is 3.23. The van der Waals surface area contributed by atoms with Gasteiger partial charge in [0.1, 0.15) is 5.75 Å². The maximum Gasteiger partial charge on any atom is 0.416 e. The number of hydrogen-bond acceptors (Lipinski definition) is 3. The first-order valence-corrected chi connectivity index (χ1v) is 5.49. The lowest BCUT2D eigenvalue weighted by Gasteiger charge is -2.43. The van der Waals surface area contributed by atoms with Gasteiger partial charge in [-0.25, -0.2) is 0 Å². The van der Waals surface area contributed by atoms with Gasteiger partial charge < -0.3 is 15.6 Å². The minimum atomic E-state index is -4.42. The summed E-state index contributed by atoms with van der Waals surface area (Å²) in [6.45, 7) is 0. The molecule has 0 aromatic heterocycles. The van der Waals surface area contributed by atoms with Crippen molar-refractivity contribution in [2.24, 2.45) is 5.73 Å². The molecule has 0 bridgehead atoms. The van der Waals surface area contributed by atoms with Crippen molar-refractivity contribution in [1.29, 1.82) is 0 Å². The summed E-state index contributed by atoms with van der Waals surface area (Å²) in [7, 11) is 1.38. The Morgan fingerprint density at radius 2 is 2.00 bits per heavy atom. The molecule has 1 aromatic carbocycles. The number of rotatable bonds is 2. The van der Waals surface area contributed by atoms with Gasteiger partial charge >= 0.3 is 6.18 Å². The van der Waals surface area contributed by atoms with Crippen LogP contribution in [0, 0.1) is 0 Å². The Morgan fingerprint density at radius 1 is 1.39 bits per heavy atom. The number of nitrogens with two attached hydrogens (primary N) is 1. The van der Waals surface area contributed by atoms with Crippen LogP contribution < -0.4 is 10.5 Å². The van der Waals surface area contributed by atoms with Crippen LogP contribution in [0.5, 0.6) is 5.75 Å². The first kappa shape index (κ1) is 13.2. The summed E-state index contributed by atoms with van der Waals surface area (Å²) >= 11 is 0. The molecular weight excluding hydrogens is 247 g/mol. The van der Waals surface area contributed by atoms with Crippen molar-refractivity contribution in [1.82, 2.24) is 0 Å². The maximum atomic E-state index is 12.7. The van der Waals surface area contributed by atoms with Crippen molar-refractivity contribution < 1.29 is 23.0 Å². The minimum absolute atomic E-state index is 0.241. The molecule has 2 rings (SSSR count). The van der Waals surface area contributed by atoms with E-state index in [9.17, 15) is 18.3 Å². The van der Waals surface area contributed by atoms with Crippen LogP contribution in [0.25, 0.3) is 0 Å². The smallest absolute Gasteiger partial charge is 0.416 e. The number of ether oxygens (including phenoxy) is 1. The average Bonchev–Trinajstić information content (AvgIpc) is 2.25. The van der Waals surface area contributed by atoms with E-state index in [2.05, 4.69) is 0 Å². The highest BCUT2D eigenvalue weighted by Crippen LogP contribution is 2.44. The predicted octanol–water partition coefficient (Wildman–Crippen LogP) is 2.02. The van der Waals surface area contributed by atoms with E-state index >= 15 is 0 Å². The van der Waals surface area contributed by atoms with Crippen molar-refractivity contribution in [3.05, 3.63) is 29.3 Å². The van der Waals surface area contributed by atoms with Crippen LogP contribution in [0.4, 0.5) is 13.2 Å². The van der Waals surface area contributed by atoms with Gasteiger partial charge in [0.2, 0.25) is 0 Å². The number of aliphatic hydroxyl groups excluding tert-OH is 1. The van der Waals surface area contributed by atoms with Gasteiger partial charge in [-0.3, -0.25) is 0 Å². The van der Waals surface area contributed by atoms with Gasteiger partial charge in [0, 0.05) is 11.1 Å². The molecule has 0 atom stereocenters. The molecular formula is C12H14F3NO2. The summed E-state index contributed by atoms with van der Waals surface area (Å²) in [4.78, 5) is 0. The van der Waals surface area contributed by atoms with Crippen LogP contribution in [0.15, 0.2) is 18.2 Å². The van der Waals surface area contributed by atoms with E-state index < -0.39 is 23.4 Å². The third-order valence-corrected chi connectivity index (χ3v) is 3.26. The molecule has 3 N–H and O–H groups in total. The second-order valence-electron chi connectivity index (χ2n) is 4.63. The van der Waals surface area contributed by atoms with Crippen molar-refractivity contribution in [2.45, 2.75) is 30.7 Å². The SMILES string of the molecule is COc1ccc(C(F)(F)F)cc1C1(N)CC(O)C1. The summed E-state index contributed by atoms with van der Waals surface area (Å²) < 4.78 is 43.0. The minimum Gasteiger partial charge on any atom is -0.496 e. The van der Waals surface area contributed by atoms with Crippen LogP contribution in [0.2, 0.25) is 0 Å². The van der Waals surface area contributed by atoms with Gasteiger partial charge in [-0.15, -0.1) is 0 Å². The Labute approximate surface area is 102 Å². The number of aliphatic hydroxyl groups is 1. The van der Waals surface area contributed by atoms with Crippen LogP contribution >= 0.6 is 0 Å². The van der Waals surface area contributed by atoms with E-state index in [1.165, 1.54) is 13.2 Å². The van der Waals surface area contributed by atoms with Crippen molar-refractivity contribution >= 4 is 0 Å². The molecule has 0 saturated heterocycles. The summed E-state index contributed by atoms with van der Waals surface area (Å²) in [6.07, 6.45) is -4.50. The van der Waals surface area contributed by atoms with Crippen LogP contribution in [-0.2, 0) is 11.7 Å². The second-order valence-corrected chi connectivity index (χ2v) is 4.63. The van der Waals surface area contributed by atoms with Crippen LogP contribution in [0.3, 0.4) is 0 Å². The van der Waals surface area contributed by atoms with E-state index in [-0.39, 0.29) is 12.8 Å². The predicted molar refractivity (Wildman–Crippen MR) is 59.1 cm³/mol. The van der Waals surface area contributed by atoms with E-state index in [4.69, 9.17) is 10.5 Å². The summed E-state index contributed by atoms with van der Waals surface area (Å²) in [5.41, 5.74) is 4.59. The first-order valence-electron chi connectivity index (χ1n) is 5.49. The first-order chi connectivity index (χ1) is 8.26. The Morgan fingerprint density at radius 3 is 2.44 bits per heavy atom. The van der Waals surface area contributed by atoms with Crippen molar-refractivity contribution in [3.63, 3.8) is 0 Å². The number of methoxy groups -OCH3 is 1. The fourth-order valence-corrected chi connectivity index (χ4v) is 2.27. The lowest BCUT2D eigenvalue weighted by molar-refractivity contribution is -0.137. The summed E-state index contributed by atoms with van der Waals surface area (Å²) in [5.74, 6) is 0.317. The Balaban J connectivity index is 2.44. The van der Waals surface area contributed by atoms with Gasteiger partial charge in [0.05, 0.1) is 18.8 Å². The van der Waals surface area contributed by atoms with Gasteiger partial charge in [-0.2, -0.15) is 13.2 Å². The third-order valence-electron chi connectivity index (χ3n) is 3.26. The third kappa shape index (κ3) is 2.18. The second kappa shape index (κ2) is 4.13. The molecule has 0 amide bonds. The van der Waals surface area contributed by atoms with E-state index in [1.54, 1.807) is 0 Å². The standard InChI is InChI=1S/C12H14F3NO2/c1-18-10-3-2-7(12(13,14)15)4-9(10)11(16)5-8(17)6-11/h2-4,8,17H,5-6,16H2,1H3. The van der Waals surface area contributed by atoms with E-state index in [1.807, 2.05) is 0 Å². The molecule has 1 aliphatic rings. The fraction of sp³-hybridized carbons (Fsp3) is 0.500. The molecule has 0 radical (unpaired) electrons. The molecule has 1 aromatic rings. The molecule has 0 heterocycles. The van der Waals surface area contributed by atoms with Crippen LogP contribution in [0.1, 0.15) is 24.0 Å². The van der Waals surface area contributed by atoms with Gasteiger partial charge in [0.15, 0.2) is 0 Å². The Hall–Kier alpha value is -1.27. The van der Waals surface area contributed by atoms with Gasteiger partial charge in [0.25, 0.3) is 0 Å². The molecule has 1 aliphatic carbocycles. The normalized spacial score (nSPS) is 27.8. The molecule has 1 fully saturated rings. The largest absolute Gasteiger partial charge is 0.496 e. The van der Waals surface area contributed by atoms with E-state index in [0.29, 0.717) is 11.3 Å². The Kier molecular flexibility index (Phi) is 3.03. The zero-order valence-electron chi connectivity index (χ0n) is 9.79. The number of halogens is 3. The number of alkyl halides is 3. The monoisotopic (exact) mass is 261 g/mol. The molecule has 6 heteroatoms. The lowest BCUT2D eigenvalue weighted by atomic mass is 9.70. The number of benzene rings is 1. The van der Waals surface area contributed by atoms with Gasteiger partial charge in [-0.05, 0) is 31.0 Å². The molecule has 18 heavy (non-hydrogen) atoms. The highest BCUT2D eigenvalue weighted by Gasteiger charge is 2.44. The van der Waals surface area contributed by atoms with Crippen molar-refractivity contribution in [2.75, 3.05) is 7.11 Å². The maximum absolute atomic E-state index is 12.7. The zero-order valence-corrected chi connectivity index (χ0v) is 9.79. The Bertz CT molecular complexity index is 453.